The number of hydrogen-bond donors (Lipinski definition) is 0. The molecule has 0 aliphatic carbocycles. The van der Waals surface area contributed by atoms with E-state index < -0.39 is 41.0 Å². The maximum Gasteiger partial charge on any atom is 0.173 e. The molecule has 6 heteroatoms. The molecule has 0 heterocycles. The molecule has 104 valence electrons. The molecular formula is C14H7ClF4O. The predicted molar refractivity (Wildman–Crippen MR) is 65.8 cm³/mol. The van der Waals surface area contributed by atoms with Gasteiger partial charge in [0.2, 0.25) is 0 Å². The van der Waals surface area contributed by atoms with Gasteiger partial charge in [-0.1, -0.05) is 17.7 Å². The Morgan fingerprint density at radius 1 is 0.950 bits per heavy atom. The number of hydrogen-bond acceptors (Lipinski definition) is 1. The molecule has 0 spiro atoms. The Hall–Kier alpha value is -1.88. The second-order valence-electron chi connectivity index (χ2n) is 4.08. The summed E-state index contributed by atoms with van der Waals surface area (Å²) in [6.45, 7) is 0. The molecule has 0 saturated heterocycles. The molecule has 2 aromatic rings. The minimum atomic E-state index is -1.32. The first-order chi connectivity index (χ1) is 9.38. The van der Waals surface area contributed by atoms with Gasteiger partial charge in [-0.3, -0.25) is 4.79 Å². The van der Waals surface area contributed by atoms with Crippen molar-refractivity contribution in [2.45, 2.75) is 6.42 Å². The summed E-state index contributed by atoms with van der Waals surface area (Å²) < 4.78 is 53.1. The minimum Gasteiger partial charge on any atom is -0.294 e. The molecule has 0 aliphatic heterocycles. The number of carbonyl (C=O) groups excluding carboxylic acids is 1. The monoisotopic (exact) mass is 302 g/mol. The summed E-state index contributed by atoms with van der Waals surface area (Å²) in [5.41, 5.74) is -0.941. The summed E-state index contributed by atoms with van der Waals surface area (Å²) >= 11 is 5.55. The SMILES string of the molecule is O=C(Cc1ccc(Cl)cc1F)c1c(F)cc(F)cc1F. The fraction of sp³-hybridized carbons (Fsp3) is 0.0714. The number of benzene rings is 2. The van der Waals surface area contributed by atoms with E-state index in [1.54, 1.807) is 0 Å². The van der Waals surface area contributed by atoms with E-state index in [-0.39, 0.29) is 10.6 Å². The molecule has 1 nitrogen and oxygen atoms in total. The van der Waals surface area contributed by atoms with Crippen molar-refractivity contribution in [3.05, 3.63) is 69.8 Å². The molecule has 0 bridgehead atoms. The van der Waals surface area contributed by atoms with Gasteiger partial charge in [-0.05, 0) is 17.7 Å². The van der Waals surface area contributed by atoms with Gasteiger partial charge >= 0.3 is 0 Å². The zero-order valence-corrected chi connectivity index (χ0v) is 10.6. The van der Waals surface area contributed by atoms with Crippen LogP contribution in [0.15, 0.2) is 30.3 Å². The number of rotatable bonds is 3. The highest BCUT2D eigenvalue weighted by molar-refractivity contribution is 6.30. The fourth-order valence-corrected chi connectivity index (χ4v) is 1.89. The Morgan fingerprint density at radius 3 is 2.10 bits per heavy atom. The Bertz CT molecular complexity index is 662. The van der Waals surface area contributed by atoms with Crippen molar-refractivity contribution in [2.24, 2.45) is 0 Å². The van der Waals surface area contributed by atoms with E-state index in [9.17, 15) is 22.4 Å². The van der Waals surface area contributed by atoms with Crippen LogP contribution in [0.3, 0.4) is 0 Å². The van der Waals surface area contributed by atoms with Gasteiger partial charge in [-0.25, -0.2) is 17.6 Å². The summed E-state index contributed by atoms with van der Waals surface area (Å²) in [4.78, 5) is 11.8. The average molecular weight is 303 g/mol. The van der Waals surface area contributed by atoms with Gasteiger partial charge in [0.05, 0.1) is 5.56 Å². The fourth-order valence-electron chi connectivity index (χ4n) is 1.73. The normalized spacial score (nSPS) is 10.7. The highest BCUT2D eigenvalue weighted by atomic mass is 35.5. The lowest BCUT2D eigenvalue weighted by Crippen LogP contribution is -2.10. The van der Waals surface area contributed by atoms with Crippen LogP contribution in [-0.2, 0) is 6.42 Å². The van der Waals surface area contributed by atoms with Crippen molar-refractivity contribution in [1.82, 2.24) is 0 Å². The van der Waals surface area contributed by atoms with Crippen molar-refractivity contribution in [3.8, 4) is 0 Å². The Labute approximate surface area is 116 Å². The van der Waals surface area contributed by atoms with Crippen LogP contribution >= 0.6 is 11.6 Å². The highest BCUT2D eigenvalue weighted by Crippen LogP contribution is 2.20. The lowest BCUT2D eigenvalue weighted by atomic mass is 10.0. The molecule has 0 amide bonds. The standard InChI is InChI=1S/C14H7ClF4O/c15-8-2-1-7(10(17)4-8)3-13(20)14-11(18)5-9(16)6-12(14)19/h1-2,4-6H,3H2. The molecule has 0 fully saturated rings. The van der Waals surface area contributed by atoms with Crippen LogP contribution in [0.25, 0.3) is 0 Å². The first-order valence-electron chi connectivity index (χ1n) is 5.50. The quantitative estimate of drug-likeness (QED) is 0.609. The molecule has 2 aromatic carbocycles. The van der Waals surface area contributed by atoms with Gasteiger partial charge < -0.3 is 0 Å². The molecular weight excluding hydrogens is 296 g/mol. The van der Waals surface area contributed by atoms with E-state index in [1.807, 2.05) is 0 Å². The lowest BCUT2D eigenvalue weighted by Gasteiger charge is -2.06. The zero-order valence-electron chi connectivity index (χ0n) is 9.89. The van der Waals surface area contributed by atoms with E-state index in [0.717, 1.165) is 6.07 Å². The summed E-state index contributed by atoms with van der Waals surface area (Å²) in [6.07, 6.45) is -0.553. The van der Waals surface area contributed by atoms with Crippen LogP contribution < -0.4 is 0 Å². The van der Waals surface area contributed by atoms with Crippen molar-refractivity contribution in [3.63, 3.8) is 0 Å². The Balaban J connectivity index is 2.33. The average Bonchev–Trinajstić information content (AvgIpc) is 2.31. The summed E-state index contributed by atoms with van der Waals surface area (Å²) in [5.74, 6) is -5.51. The molecule has 0 saturated carbocycles. The van der Waals surface area contributed by atoms with Gasteiger partial charge in [0, 0.05) is 23.6 Å². The minimum absolute atomic E-state index is 0.0532. The van der Waals surface area contributed by atoms with Crippen molar-refractivity contribution < 1.29 is 22.4 Å². The Morgan fingerprint density at radius 2 is 1.55 bits per heavy atom. The smallest absolute Gasteiger partial charge is 0.173 e. The molecule has 0 unspecified atom stereocenters. The summed E-state index contributed by atoms with van der Waals surface area (Å²) in [7, 11) is 0. The number of carbonyl (C=O) groups is 1. The van der Waals surface area contributed by atoms with Crippen molar-refractivity contribution >= 4 is 17.4 Å². The molecule has 0 aliphatic rings. The van der Waals surface area contributed by atoms with E-state index in [0.29, 0.717) is 12.1 Å². The van der Waals surface area contributed by atoms with Crippen LogP contribution in [0.1, 0.15) is 15.9 Å². The van der Waals surface area contributed by atoms with Crippen molar-refractivity contribution in [1.29, 1.82) is 0 Å². The second-order valence-corrected chi connectivity index (χ2v) is 4.52. The van der Waals surface area contributed by atoms with Gasteiger partial charge in [-0.2, -0.15) is 0 Å². The molecule has 20 heavy (non-hydrogen) atoms. The maximum atomic E-state index is 13.5. The molecule has 0 atom stereocenters. The number of halogens is 5. The highest BCUT2D eigenvalue weighted by Gasteiger charge is 2.20. The molecule has 0 radical (unpaired) electrons. The summed E-state index contributed by atoms with van der Waals surface area (Å²) in [6, 6.07) is 4.38. The third-order valence-electron chi connectivity index (χ3n) is 2.65. The number of Topliss-reactive ketones (excluding diaryl/α,β-unsaturated/α-hetero) is 1. The van der Waals surface area contributed by atoms with Crippen LogP contribution in [0.4, 0.5) is 17.6 Å². The molecule has 0 N–H and O–H groups in total. The first-order valence-corrected chi connectivity index (χ1v) is 5.88. The number of ketones is 1. The van der Waals surface area contributed by atoms with Gasteiger partial charge in [-0.15, -0.1) is 0 Å². The van der Waals surface area contributed by atoms with E-state index >= 15 is 0 Å². The topological polar surface area (TPSA) is 17.1 Å². The third kappa shape index (κ3) is 2.99. The zero-order chi connectivity index (χ0) is 14.9. The second kappa shape index (κ2) is 5.63. The van der Waals surface area contributed by atoms with Gasteiger partial charge in [0.15, 0.2) is 5.78 Å². The van der Waals surface area contributed by atoms with Crippen LogP contribution in [-0.4, -0.2) is 5.78 Å². The van der Waals surface area contributed by atoms with Crippen LogP contribution in [0.2, 0.25) is 5.02 Å². The van der Waals surface area contributed by atoms with Gasteiger partial charge in [0.1, 0.15) is 23.3 Å². The third-order valence-corrected chi connectivity index (χ3v) is 2.89. The maximum absolute atomic E-state index is 13.5. The van der Waals surface area contributed by atoms with Crippen molar-refractivity contribution in [2.75, 3.05) is 0 Å². The van der Waals surface area contributed by atoms with Crippen LogP contribution in [0, 0.1) is 23.3 Å². The lowest BCUT2D eigenvalue weighted by molar-refractivity contribution is 0.0983. The largest absolute Gasteiger partial charge is 0.294 e. The van der Waals surface area contributed by atoms with E-state index in [2.05, 4.69) is 0 Å². The first kappa shape index (κ1) is 14.5. The van der Waals surface area contributed by atoms with E-state index in [4.69, 9.17) is 11.6 Å². The van der Waals surface area contributed by atoms with Gasteiger partial charge in [0.25, 0.3) is 0 Å². The Kier molecular flexibility index (Phi) is 4.09. The van der Waals surface area contributed by atoms with Crippen LogP contribution in [0.5, 0.6) is 0 Å². The molecule has 0 aromatic heterocycles. The van der Waals surface area contributed by atoms with E-state index in [1.165, 1.54) is 12.1 Å². The molecule has 2 rings (SSSR count). The predicted octanol–water partition coefficient (Wildman–Crippen LogP) is 4.32. The summed E-state index contributed by atoms with van der Waals surface area (Å²) in [5, 5.41) is 0.137.